The van der Waals surface area contributed by atoms with Crippen LogP contribution in [0.4, 0.5) is 5.69 Å². The van der Waals surface area contributed by atoms with Crippen molar-refractivity contribution in [2.75, 3.05) is 38.2 Å². The Morgan fingerprint density at radius 2 is 1.84 bits per heavy atom. The Kier molecular flexibility index (Phi) is 6.76. The number of ether oxygens (including phenoxy) is 2. The molecule has 0 radical (unpaired) electrons. The molecule has 1 aliphatic rings. The van der Waals surface area contributed by atoms with E-state index in [2.05, 4.69) is 10.6 Å². The number of carbonyl (C=O) groups excluding carboxylic acids is 3. The van der Waals surface area contributed by atoms with Crippen LogP contribution in [0.3, 0.4) is 0 Å². The number of benzene rings is 1. The van der Waals surface area contributed by atoms with Gasteiger partial charge in [0.15, 0.2) is 6.61 Å². The second kappa shape index (κ2) is 9.03. The van der Waals surface area contributed by atoms with E-state index in [9.17, 15) is 14.4 Å². The molecule has 0 spiro atoms. The molecule has 1 aromatic carbocycles. The molecule has 0 aliphatic carbocycles. The fourth-order valence-corrected chi connectivity index (χ4v) is 2.30. The van der Waals surface area contributed by atoms with E-state index in [0.29, 0.717) is 37.7 Å². The number of nitrogens with one attached hydrogen (secondary N) is 2. The van der Waals surface area contributed by atoms with Crippen LogP contribution in [-0.4, -0.2) is 61.6 Å². The summed E-state index contributed by atoms with van der Waals surface area (Å²) in [5.41, 5.74) is 0.578. The number of amides is 3. The maximum atomic E-state index is 12.0. The molecule has 1 heterocycles. The first-order valence-corrected chi connectivity index (χ1v) is 8.12. The summed E-state index contributed by atoms with van der Waals surface area (Å²) in [5, 5.41) is 5.20. The number of hydrogen-bond donors (Lipinski definition) is 2. The molecule has 136 valence electrons. The van der Waals surface area contributed by atoms with Crippen molar-refractivity contribution in [2.45, 2.75) is 19.9 Å². The lowest BCUT2D eigenvalue weighted by Gasteiger charge is -2.26. The normalized spacial score (nSPS) is 15.2. The summed E-state index contributed by atoms with van der Waals surface area (Å²) in [7, 11) is 0. The molecule has 25 heavy (non-hydrogen) atoms. The van der Waals surface area contributed by atoms with Crippen molar-refractivity contribution in [3.63, 3.8) is 0 Å². The largest absolute Gasteiger partial charge is 0.484 e. The van der Waals surface area contributed by atoms with Gasteiger partial charge in [0.2, 0.25) is 11.8 Å². The van der Waals surface area contributed by atoms with E-state index in [1.54, 1.807) is 36.1 Å². The van der Waals surface area contributed by atoms with Crippen molar-refractivity contribution in [3.8, 4) is 5.75 Å². The highest BCUT2D eigenvalue weighted by atomic mass is 16.5. The third-order valence-electron chi connectivity index (χ3n) is 3.66. The monoisotopic (exact) mass is 349 g/mol. The summed E-state index contributed by atoms with van der Waals surface area (Å²) in [6, 6.07) is 6.07. The number of morpholine rings is 1. The van der Waals surface area contributed by atoms with Gasteiger partial charge in [-0.15, -0.1) is 0 Å². The Morgan fingerprint density at radius 1 is 1.20 bits per heavy atom. The summed E-state index contributed by atoms with van der Waals surface area (Å²) in [4.78, 5) is 36.6. The summed E-state index contributed by atoms with van der Waals surface area (Å²) < 4.78 is 10.7. The molecule has 3 amide bonds. The van der Waals surface area contributed by atoms with E-state index in [-0.39, 0.29) is 24.3 Å². The van der Waals surface area contributed by atoms with Crippen molar-refractivity contribution in [1.82, 2.24) is 10.2 Å². The first-order chi connectivity index (χ1) is 12.0. The van der Waals surface area contributed by atoms with Crippen LogP contribution in [0.2, 0.25) is 0 Å². The summed E-state index contributed by atoms with van der Waals surface area (Å²) >= 11 is 0. The highest BCUT2D eigenvalue weighted by Gasteiger charge is 2.17. The Labute approximate surface area is 146 Å². The lowest BCUT2D eigenvalue weighted by Crippen LogP contribution is -2.42. The molecule has 1 saturated heterocycles. The van der Waals surface area contributed by atoms with Crippen LogP contribution in [0.1, 0.15) is 13.8 Å². The molecule has 1 aromatic rings. The van der Waals surface area contributed by atoms with Gasteiger partial charge in [0, 0.05) is 25.7 Å². The van der Waals surface area contributed by atoms with Crippen LogP contribution in [0.5, 0.6) is 5.75 Å². The van der Waals surface area contributed by atoms with Gasteiger partial charge in [-0.05, 0) is 31.2 Å². The summed E-state index contributed by atoms with van der Waals surface area (Å²) in [5.74, 6) is -0.123. The van der Waals surface area contributed by atoms with Gasteiger partial charge < -0.3 is 25.0 Å². The maximum absolute atomic E-state index is 12.0. The number of nitrogens with zero attached hydrogens (tertiary/aromatic N) is 1. The minimum Gasteiger partial charge on any atom is -0.484 e. The predicted molar refractivity (Wildman–Crippen MR) is 91.2 cm³/mol. The first-order valence-electron chi connectivity index (χ1n) is 8.12. The third kappa shape index (κ3) is 6.07. The Morgan fingerprint density at radius 3 is 2.44 bits per heavy atom. The number of hydrogen-bond acceptors (Lipinski definition) is 5. The van der Waals surface area contributed by atoms with Gasteiger partial charge in [-0.1, -0.05) is 0 Å². The van der Waals surface area contributed by atoms with Crippen LogP contribution >= 0.6 is 0 Å². The molecular weight excluding hydrogens is 326 g/mol. The molecule has 1 aliphatic heterocycles. The van der Waals surface area contributed by atoms with Crippen LogP contribution in [0.25, 0.3) is 0 Å². The first kappa shape index (κ1) is 18.7. The van der Waals surface area contributed by atoms with Crippen LogP contribution < -0.4 is 15.4 Å². The summed E-state index contributed by atoms with van der Waals surface area (Å²) in [6.45, 7) is 5.19. The number of carbonyl (C=O) groups is 3. The minimum atomic E-state index is -0.625. The van der Waals surface area contributed by atoms with Crippen molar-refractivity contribution in [3.05, 3.63) is 24.3 Å². The second-order valence-corrected chi connectivity index (χ2v) is 5.72. The van der Waals surface area contributed by atoms with E-state index in [1.165, 1.54) is 6.92 Å². The fraction of sp³-hybridized carbons (Fsp3) is 0.471. The zero-order chi connectivity index (χ0) is 18.2. The zero-order valence-electron chi connectivity index (χ0n) is 14.4. The van der Waals surface area contributed by atoms with Gasteiger partial charge in [0.1, 0.15) is 11.8 Å². The van der Waals surface area contributed by atoms with E-state index in [0.717, 1.165) is 0 Å². The average Bonchev–Trinajstić information content (AvgIpc) is 2.61. The maximum Gasteiger partial charge on any atom is 0.260 e. The van der Waals surface area contributed by atoms with Crippen molar-refractivity contribution >= 4 is 23.4 Å². The average molecular weight is 349 g/mol. The van der Waals surface area contributed by atoms with Crippen LogP contribution in [0, 0.1) is 0 Å². The summed E-state index contributed by atoms with van der Waals surface area (Å²) in [6.07, 6.45) is 0. The Hall–Kier alpha value is -2.61. The molecule has 0 saturated carbocycles. The SMILES string of the molecule is CC(=O)N[C@@H](C)C(=O)Nc1ccc(OCC(=O)N2CCOCC2)cc1. The number of anilines is 1. The fourth-order valence-electron chi connectivity index (χ4n) is 2.30. The Balaban J connectivity index is 1.80. The molecule has 0 aromatic heterocycles. The highest BCUT2D eigenvalue weighted by Crippen LogP contribution is 2.16. The van der Waals surface area contributed by atoms with Crippen LogP contribution in [-0.2, 0) is 19.1 Å². The molecule has 0 unspecified atom stereocenters. The van der Waals surface area contributed by atoms with Crippen molar-refractivity contribution in [2.24, 2.45) is 0 Å². The van der Waals surface area contributed by atoms with Crippen molar-refractivity contribution in [1.29, 1.82) is 0 Å². The zero-order valence-corrected chi connectivity index (χ0v) is 14.4. The molecule has 0 bridgehead atoms. The molecule has 8 nitrogen and oxygen atoms in total. The number of rotatable bonds is 6. The molecule has 8 heteroatoms. The van der Waals surface area contributed by atoms with E-state index in [1.807, 2.05) is 0 Å². The van der Waals surface area contributed by atoms with E-state index < -0.39 is 6.04 Å². The molecule has 2 N–H and O–H groups in total. The van der Waals surface area contributed by atoms with Gasteiger partial charge >= 0.3 is 0 Å². The van der Waals surface area contributed by atoms with E-state index in [4.69, 9.17) is 9.47 Å². The lowest BCUT2D eigenvalue weighted by molar-refractivity contribution is -0.137. The molecule has 1 atom stereocenters. The van der Waals surface area contributed by atoms with Crippen molar-refractivity contribution < 1.29 is 23.9 Å². The van der Waals surface area contributed by atoms with Gasteiger partial charge in [-0.3, -0.25) is 14.4 Å². The van der Waals surface area contributed by atoms with Crippen LogP contribution in [0.15, 0.2) is 24.3 Å². The smallest absolute Gasteiger partial charge is 0.260 e. The second-order valence-electron chi connectivity index (χ2n) is 5.72. The van der Waals surface area contributed by atoms with Gasteiger partial charge in [0.25, 0.3) is 5.91 Å². The minimum absolute atomic E-state index is 0.0364. The third-order valence-corrected chi connectivity index (χ3v) is 3.66. The molecule has 1 fully saturated rings. The highest BCUT2D eigenvalue weighted by molar-refractivity contribution is 5.96. The van der Waals surface area contributed by atoms with Gasteiger partial charge in [-0.25, -0.2) is 0 Å². The predicted octanol–water partition coefficient (Wildman–Crippen LogP) is 0.387. The Bertz CT molecular complexity index is 611. The van der Waals surface area contributed by atoms with Gasteiger partial charge in [0.05, 0.1) is 13.2 Å². The topological polar surface area (TPSA) is 97.0 Å². The van der Waals surface area contributed by atoms with Gasteiger partial charge in [-0.2, -0.15) is 0 Å². The quantitative estimate of drug-likeness (QED) is 0.774. The van der Waals surface area contributed by atoms with E-state index >= 15 is 0 Å². The molecular formula is C17H23N3O5. The molecule has 2 rings (SSSR count). The lowest BCUT2D eigenvalue weighted by atomic mass is 10.2. The standard InChI is InChI=1S/C17H23N3O5/c1-12(18-13(2)21)17(23)19-14-3-5-15(6-4-14)25-11-16(22)20-7-9-24-10-8-20/h3-6,12H,7-11H2,1-2H3,(H,18,21)(H,19,23)/t12-/m0/s1.